The van der Waals surface area contributed by atoms with Crippen LogP contribution in [0.3, 0.4) is 0 Å². The fourth-order valence-corrected chi connectivity index (χ4v) is 10.3. The molecule has 3 aromatic heterocycles. The van der Waals surface area contributed by atoms with E-state index >= 15 is 0 Å². The second-order valence-corrected chi connectivity index (χ2v) is 17.1. The van der Waals surface area contributed by atoms with Gasteiger partial charge in [0.05, 0.1) is 53.5 Å². The number of imidazole rings is 1. The van der Waals surface area contributed by atoms with E-state index < -0.39 is 16.6 Å². The van der Waals surface area contributed by atoms with Gasteiger partial charge >= 0.3 is 0 Å². The van der Waals surface area contributed by atoms with Crippen LogP contribution in [0.5, 0.6) is 0 Å². The molecule has 6 aliphatic rings. The fourth-order valence-electron chi connectivity index (χ4n) is 10.3. The normalized spacial score (nSPS) is 27.1. The monoisotopic (exact) mass is 718 g/mol. The van der Waals surface area contributed by atoms with Gasteiger partial charge in [0.2, 0.25) is 11.8 Å². The highest BCUT2D eigenvalue weighted by Crippen LogP contribution is 2.53. The Kier molecular flexibility index (Phi) is 7.54. The fraction of sp³-hybridized carbons (Fsp3) is 0.537. The third-order valence-electron chi connectivity index (χ3n) is 13.5. The van der Waals surface area contributed by atoms with Gasteiger partial charge in [-0.15, -0.1) is 0 Å². The van der Waals surface area contributed by atoms with Crippen molar-refractivity contribution in [3.05, 3.63) is 60.4 Å². The standard InChI is InChI=1S/C41H47FN8O3/c1-24(2)49-23-44-34-18-33(46-37(36(34)49)45-32-8-11-43-19-31(32)42)26-5-7-30-35(15-26)50(29-16-28(17-29)48-20-25-4-6-27(48)14-25)39(52)41(30)9-12-47(13-10-41)38(51)40(3)21-53-22-40/h5,7-8,11,15,18-19,23-25,27-29H,4,6,9-10,12-14,16-17,20-22H2,1-3H3,(H,43,45,46)/t25-,27+,28?,29?/m0/s1. The molecular formula is C41H47FN8O3. The van der Waals surface area contributed by atoms with Crippen molar-refractivity contribution in [3.63, 3.8) is 0 Å². The molecule has 0 unspecified atom stereocenters. The summed E-state index contributed by atoms with van der Waals surface area (Å²) in [7, 11) is 0. The van der Waals surface area contributed by atoms with E-state index in [0.717, 1.165) is 46.6 Å². The van der Waals surface area contributed by atoms with E-state index in [9.17, 15) is 14.0 Å². The van der Waals surface area contributed by atoms with Crippen LogP contribution in [0.1, 0.15) is 77.3 Å². The molecular weight excluding hydrogens is 672 g/mol. The van der Waals surface area contributed by atoms with Gasteiger partial charge in [0.25, 0.3) is 0 Å². The number of benzene rings is 1. The van der Waals surface area contributed by atoms with Gasteiger partial charge in [0.15, 0.2) is 11.6 Å². The molecule has 11 nitrogen and oxygen atoms in total. The first-order valence-corrected chi connectivity index (χ1v) is 19.5. The maximum atomic E-state index is 15.0. The lowest BCUT2D eigenvalue weighted by Gasteiger charge is -2.49. The van der Waals surface area contributed by atoms with Crippen LogP contribution in [-0.2, 0) is 19.7 Å². The Hall–Kier alpha value is -4.42. The lowest BCUT2D eigenvalue weighted by Crippen LogP contribution is -2.60. The summed E-state index contributed by atoms with van der Waals surface area (Å²) in [6.45, 7) is 9.36. The summed E-state index contributed by atoms with van der Waals surface area (Å²) in [5, 5.41) is 3.24. The summed E-state index contributed by atoms with van der Waals surface area (Å²) >= 11 is 0. The zero-order chi connectivity index (χ0) is 36.2. The Morgan fingerprint density at radius 1 is 1.04 bits per heavy atom. The van der Waals surface area contributed by atoms with Crippen LogP contribution in [0.4, 0.5) is 21.6 Å². The molecule has 53 heavy (non-hydrogen) atoms. The van der Waals surface area contributed by atoms with Gasteiger partial charge in [0.1, 0.15) is 5.52 Å². The molecule has 2 atom stereocenters. The number of pyridine rings is 2. The molecule has 5 fully saturated rings. The molecule has 276 valence electrons. The molecule has 1 aromatic carbocycles. The largest absolute Gasteiger partial charge is 0.379 e. The van der Waals surface area contributed by atoms with E-state index in [0.29, 0.717) is 62.7 Å². The predicted octanol–water partition coefficient (Wildman–Crippen LogP) is 6.22. The van der Waals surface area contributed by atoms with Crippen LogP contribution in [0, 0.1) is 17.2 Å². The summed E-state index contributed by atoms with van der Waals surface area (Å²) in [5.41, 5.74) is 4.26. The number of nitrogens with zero attached hydrogens (tertiary/aromatic N) is 7. The van der Waals surface area contributed by atoms with Crippen molar-refractivity contribution in [2.75, 3.05) is 43.1 Å². The molecule has 2 amide bonds. The average molecular weight is 719 g/mol. The maximum absolute atomic E-state index is 15.0. The van der Waals surface area contributed by atoms with Gasteiger partial charge in [-0.05, 0) is 95.4 Å². The van der Waals surface area contributed by atoms with E-state index in [1.165, 1.54) is 32.0 Å². The zero-order valence-corrected chi connectivity index (χ0v) is 30.7. The highest BCUT2D eigenvalue weighted by Gasteiger charge is 2.57. The quantitative estimate of drug-likeness (QED) is 0.240. The number of rotatable bonds is 7. The lowest BCUT2D eigenvalue weighted by molar-refractivity contribution is -0.170. The third-order valence-corrected chi connectivity index (χ3v) is 13.5. The van der Waals surface area contributed by atoms with E-state index in [1.807, 2.05) is 22.5 Å². The summed E-state index contributed by atoms with van der Waals surface area (Å²) in [5.74, 6) is 1.19. The van der Waals surface area contributed by atoms with Crippen LogP contribution >= 0.6 is 0 Å². The molecule has 7 heterocycles. The molecule has 12 heteroatoms. The molecule has 2 aliphatic carbocycles. The van der Waals surface area contributed by atoms with Crippen molar-refractivity contribution < 1.29 is 18.7 Å². The minimum absolute atomic E-state index is 0.111. The van der Waals surface area contributed by atoms with E-state index in [-0.39, 0.29) is 29.6 Å². The van der Waals surface area contributed by atoms with Crippen LogP contribution < -0.4 is 10.2 Å². The Balaban J connectivity index is 1.02. The number of aromatic nitrogens is 4. The Labute approximate surface area is 308 Å². The topological polar surface area (TPSA) is 109 Å². The number of nitrogens with one attached hydrogen (secondary N) is 1. The molecule has 0 radical (unpaired) electrons. The van der Waals surface area contributed by atoms with E-state index in [2.05, 4.69) is 52.1 Å². The SMILES string of the molecule is CC(C)n1cnc2cc(-c3ccc4c(c3)N(C3CC(N5C[C@H]6CC[C@@H]5C6)C3)C(=O)C43CCN(C(=O)C4(C)COC4)CC3)nc(Nc3ccncc3F)c21. The summed E-state index contributed by atoms with van der Waals surface area (Å²) in [6.07, 6.45) is 11.7. The van der Waals surface area contributed by atoms with Crippen molar-refractivity contribution in [1.82, 2.24) is 29.3 Å². The smallest absolute Gasteiger partial charge is 0.238 e. The summed E-state index contributed by atoms with van der Waals surface area (Å²) in [6, 6.07) is 11.4. The number of amides is 2. The van der Waals surface area contributed by atoms with Crippen molar-refractivity contribution in [1.29, 1.82) is 0 Å². The van der Waals surface area contributed by atoms with Crippen molar-refractivity contribution in [2.24, 2.45) is 11.3 Å². The first kappa shape index (κ1) is 33.2. The Morgan fingerprint density at radius 3 is 2.53 bits per heavy atom. The Morgan fingerprint density at radius 2 is 1.85 bits per heavy atom. The second-order valence-electron chi connectivity index (χ2n) is 17.1. The van der Waals surface area contributed by atoms with Crippen LogP contribution in [0.2, 0.25) is 0 Å². The number of hydrogen-bond acceptors (Lipinski definition) is 8. The summed E-state index contributed by atoms with van der Waals surface area (Å²) in [4.78, 5) is 49.0. The molecule has 3 saturated heterocycles. The molecule has 4 aromatic rings. The van der Waals surface area contributed by atoms with Gasteiger partial charge in [0, 0.05) is 61.2 Å². The molecule has 1 N–H and O–H groups in total. The van der Waals surface area contributed by atoms with Gasteiger partial charge in [-0.2, -0.15) is 0 Å². The number of likely N-dealkylation sites (tertiary alicyclic amines) is 2. The minimum atomic E-state index is -0.668. The third kappa shape index (κ3) is 5.07. The molecule has 1 spiro atoms. The Bertz CT molecular complexity index is 2130. The number of anilines is 3. The minimum Gasteiger partial charge on any atom is -0.379 e. The second kappa shape index (κ2) is 12.0. The highest BCUT2D eigenvalue weighted by atomic mass is 19.1. The van der Waals surface area contributed by atoms with Crippen molar-refractivity contribution >= 4 is 40.0 Å². The first-order chi connectivity index (χ1) is 25.6. The van der Waals surface area contributed by atoms with Crippen LogP contribution in [0.15, 0.2) is 49.1 Å². The number of ether oxygens (including phenoxy) is 1. The number of halogens is 1. The molecule has 4 aliphatic heterocycles. The molecule has 2 bridgehead atoms. The van der Waals surface area contributed by atoms with Crippen LogP contribution in [0.25, 0.3) is 22.3 Å². The maximum Gasteiger partial charge on any atom is 0.238 e. The van der Waals surface area contributed by atoms with Crippen LogP contribution in [-0.4, -0.2) is 92.1 Å². The molecule has 2 saturated carbocycles. The lowest BCUT2D eigenvalue weighted by atomic mass is 9.72. The highest BCUT2D eigenvalue weighted by molar-refractivity contribution is 6.09. The van der Waals surface area contributed by atoms with E-state index in [1.54, 1.807) is 18.6 Å². The zero-order valence-electron chi connectivity index (χ0n) is 30.7. The van der Waals surface area contributed by atoms with Crippen molar-refractivity contribution in [2.45, 2.75) is 95.3 Å². The number of carbonyl (C=O) groups excluding carboxylic acids is 2. The number of hydrogen-bond donors (Lipinski definition) is 1. The first-order valence-electron chi connectivity index (χ1n) is 19.5. The van der Waals surface area contributed by atoms with Gasteiger partial charge < -0.3 is 24.4 Å². The predicted molar refractivity (Wildman–Crippen MR) is 199 cm³/mol. The summed E-state index contributed by atoms with van der Waals surface area (Å²) < 4.78 is 22.3. The van der Waals surface area contributed by atoms with Crippen molar-refractivity contribution in [3.8, 4) is 11.3 Å². The number of carbonyl (C=O) groups is 2. The number of fused-ring (bicyclic) bond motifs is 5. The van der Waals surface area contributed by atoms with E-state index in [4.69, 9.17) is 14.7 Å². The number of piperidine rings is 2. The van der Waals surface area contributed by atoms with Gasteiger partial charge in [-0.1, -0.05) is 12.1 Å². The average Bonchev–Trinajstić information content (AvgIpc) is 3.92. The van der Waals surface area contributed by atoms with Gasteiger partial charge in [-0.3, -0.25) is 19.5 Å². The van der Waals surface area contributed by atoms with Gasteiger partial charge in [-0.25, -0.2) is 14.4 Å². The molecule has 10 rings (SSSR count).